The van der Waals surface area contributed by atoms with Crippen LogP contribution in [0.5, 0.6) is 0 Å². The minimum Gasteiger partial charge on any atom is -0.462 e. The number of ether oxygens (including phenoxy) is 2. The van der Waals surface area contributed by atoms with Crippen molar-refractivity contribution in [3.05, 3.63) is 36.5 Å². The van der Waals surface area contributed by atoms with Crippen LogP contribution < -0.4 is 17.1 Å². The first-order chi connectivity index (χ1) is 19.5. The molecule has 2 N–H and O–H groups in total. The summed E-state index contributed by atoms with van der Waals surface area (Å²) in [6, 6.07) is 0. The van der Waals surface area contributed by atoms with Crippen LogP contribution in [0.1, 0.15) is 5.01 Å². The van der Waals surface area contributed by atoms with E-state index in [1.54, 1.807) is 6.92 Å². The van der Waals surface area contributed by atoms with Crippen molar-refractivity contribution in [3.63, 3.8) is 0 Å². The van der Waals surface area contributed by atoms with Crippen molar-refractivity contribution in [1.82, 2.24) is 34.1 Å². The van der Waals surface area contributed by atoms with E-state index in [9.17, 15) is 34.2 Å². The summed E-state index contributed by atoms with van der Waals surface area (Å²) >= 11 is 6.57. The Labute approximate surface area is 252 Å². The number of hydrogen-bond donors (Lipinski definition) is 2. The quantitative estimate of drug-likeness (QED) is 0.144. The topological polar surface area (TPSA) is 211 Å². The van der Waals surface area contributed by atoms with Crippen molar-refractivity contribution in [2.24, 2.45) is 7.05 Å². The van der Waals surface area contributed by atoms with Crippen molar-refractivity contribution in [1.29, 1.82) is 0 Å². The fraction of sp³-hybridized carbons (Fsp3) is 0.550. The van der Waals surface area contributed by atoms with E-state index in [0.717, 1.165) is 16.4 Å². The smallest absolute Gasteiger partial charge is 0.337 e. The highest BCUT2D eigenvalue weighted by Gasteiger charge is 2.20. The van der Waals surface area contributed by atoms with Crippen LogP contribution in [0, 0.1) is 6.92 Å². The summed E-state index contributed by atoms with van der Waals surface area (Å²) in [7, 11) is 1.07. The number of rotatable bonds is 15. The maximum absolute atomic E-state index is 12.8. The van der Waals surface area contributed by atoms with Gasteiger partial charge in [-0.3, -0.25) is 9.59 Å². The standard InChI is InChI=1S/C20H25N7O9S5/c1-10-21-23-16(40-10)38-8-11(28)6-35-13(30)4-26-18(32)25(2)19(33)27(20(26)34)5-14(31)36-7-12(29)9-39-17-24-22-15(37-3)41-17/h11-12,28-29H,4-9H2,1-3H3. The lowest BCUT2D eigenvalue weighted by Gasteiger charge is -2.13. The molecule has 0 saturated heterocycles. The molecule has 3 aromatic rings. The molecular weight excluding hydrogens is 643 g/mol. The summed E-state index contributed by atoms with van der Waals surface area (Å²) in [5.74, 6) is -1.73. The molecule has 2 unspecified atom stereocenters. The number of nitrogens with zero attached hydrogens (tertiary/aromatic N) is 7. The summed E-state index contributed by atoms with van der Waals surface area (Å²) in [4.78, 5) is 62.4. The number of aromatic nitrogens is 7. The maximum Gasteiger partial charge on any atom is 0.337 e. The zero-order valence-corrected chi connectivity index (χ0v) is 25.9. The first-order valence-electron chi connectivity index (χ1n) is 11.5. The number of carbonyl (C=O) groups is 2. The number of carbonyl (C=O) groups excluding carboxylic acids is 2. The Kier molecular flexibility index (Phi) is 12.5. The van der Waals surface area contributed by atoms with Crippen molar-refractivity contribution in [2.75, 3.05) is 31.0 Å². The van der Waals surface area contributed by atoms with Crippen LogP contribution in [-0.2, 0) is 39.2 Å². The second-order valence-electron chi connectivity index (χ2n) is 8.00. The lowest BCUT2D eigenvalue weighted by Crippen LogP contribution is -2.55. The van der Waals surface area contributed by atoms with Crippen molar-refractivity contribution < 1.29 is 29.3 Å². The Hall–Kier alpha value is -2.56. The Bertz CT molecular complexity index is 1530. The molecule has 0 fully saturated rings. The average molecular weight is 668 g/mol. The fourth-order valence-electron chi connectivity index (χ4n) is 2.86. The third kappa shape index (κ3) is 9.75. The highest BCUT2D eigenvalue weighted by atomic mass is 32.2. The van der Waals surface area contributed by atoms with Gasteiger partial charge in [-0.25, -0.2) is 28.1 Å². The Morgan fingerprint density at radius 1 is 0.805 bits per heavy atom. The van der Waals surface area contributed by atoms with Crippen LogP contribution in [-0.4, -0.2) is 99.4 Å². The minimum absolute atomic E-state index is 0.153. The van der Waals surface area contributed by atoms with E-state index in [1.165, 1.54) is 58.0 Å². The Morgan fingerprint density at radius 3 is 1.71 bits per heavy atom. The molecule has 0 aromatic carbocycles. The maximum atomic E-state index is 12.8. The van der Waals surface area contributed by atoms with Crippen LogP contribution in [0.4, 0.5) is 0 Å². The van der Waals surface area contributed by atoms with Gasteiger partial charge in [0.1, 0.15) is 31.3 Å². The van der Waals surface area contributed by atoms with Gasteiger partial charge in [0.25, 0.3) is 0 Å². The molecule has 0 aliphatic heterocycles. The van der Waals surface area contributed by atoms with Crippen LogP contribution in [0.15, 0.2) is 27.4 Å². The fourth-order valence-corrected chi connectivity index (χ4v) is 6.97. The third-order valence-electron chi connectivity index (χ3n) is 4.81. The molecular formula is C20H25N7O9S5. The molecule has 0 aliphatic carbocycles. The van der Waals surface area contributed by atoms with Crippen molar-refractivity contribution in [3.8, 4) is 0 Å². The van der Waals surface area contributed by atoms with E-state index in [0.29, 0.717) is 22.4 Å². The molecule has 0 saturated carbocycles. The summed E-state index contributed by atoms with van der Waals surface area (Å²) in [6.45, 7) is -0.776. The Balaban J connectivity index is 1.54. The van der Waals surface area contributed by atoms with E-state index in [1.807, 2.05) is 6.26 Å². The van der Waals surface area contributed by atoms with Crippen LogP contribution >= 0.6 is 58.0 Å². The first kappa shape index (κ1) is 32.9. The molecule has 3 rings (SSSR count). The van der Waals surface area contributed by atoms with Gasteiger partial charge < -0.3 is 19.7 Å². The van der Waals surface area contributed by atoms with Crippen molar-refractivity contribution in [2.45, 2.75) is 45.2 Å². The zero-order chi connectivity index (χ0) is 30.1. The summed E-state index contributed by atoms with van der Waals surface area (Å²) < 4.78 is 13.4. The Morgan fingerprint density at radius 2 is 1.27 bits per heavy atom. The molecule has 224 valence electrons. The number of esters is 2. The SMILES string of the molecule is CSc1nnc(SCC(O)COC(=O)Cn2c(=O)n(C)c(=O)n(CC(=O)OCC(O)CSc3nnc(C)s3)c2=O)s1. The highest BCUT2D eigenvalue weighted by Crippen LogP contribution is 2.27. The van der Waals surface area contributed by atoms with Gasteiger partial charge in [-0.15, -0.1) is 20.4 Å². The largest absolute Gasteiger partial charge is 0.462 e. The molecule has 0 amide bonds. The summed E-state index contributed by atoms with van der Waals surface area (Å²) in [5, 5.41) is 36.6. The summed E-state index contributed by atoms with van der Waals surface area (Å²) in [6.07, 6.45) is -0.266. The molecule has 0 radical (unpaired) electrons. The van der Waals surface area contributed by atoms with Gasteiger partial charge >= 0.3 is 29.0 Å². The predicted octanol–water partition coefficient (Wildman–Crippen LogP) is -1.17. The van der Waals surface area contributed by atoms with E-state index in [-0.39, 0.29) is 11.5 Å². The molecule has 2 atom stereocenters. The molecule has 0 aliphatic rings. The van der Waals surface area contributed by atoms with Gasteiger partial charge in [0.15, 0.2) is 13.0 Å². The molecule has 3 heterocycles. The van der Waals surface area contributed by atoms with E-state index < -0.39 is 67.5 Å². The van der Waals surface area contributed by atoms with Gasteiger partial charge in [0, 0.05) is 18.6 Å². The lowest BCUT2D eigenvalue weighted by molar-refractivity contribution is -0.147. The highest BCUT2D eigenvalue weighted by molar-refractivity contribution is 8.03. The molecule has 0 bridgehead atoms. The number of aliphatic hydroxyl groups is 2. The minimum atomic E-state index is -1.23. The molecule has 3 aromatic heterocycles. The summed E-state index contributed by atoms with van der Waals surface area (Å²) in [5.41, 5.74) is -3.43. The van der Waals surface area contributed by atoms with Gasteiger partial charge in [-0.05, 0) is 13.2 Å². The molecule has 41 heavy (non-hydrogen) atoms. The van der Waals surface area contributed by atoms with Crippen LogP contribution in [0.2, 0.25) is 0 Å². The zero-order valence-electron chi connectivity index (χ0n) is 21.8. The second-order valence-corrected chi connectivity index (χ2v) is 13.7. The molecule has 16 nitrogen and oxygen atoms in total. The first-order valence-corrected chi connectivity index (χ1v) is 16.3. The van der Waals surface area contributed by atoms with E-state index in [4.69, 9.17) is 9.47 Å². The van der Waals surface area contributed by atoms with Gasteiger partial charge in [0.2, 0.25) is 0 Å². The van der Waals surface area contributed by atoms with Gasteiger partial charge in [-0.1, -0.05) is 58.0 Å². The number of aryl methyl sites for hydroxylation is 1. The third-order valence-corrected chi connectivity index (χ3v) is 10.1. The van der Waals surface area contributed by atoms with E-state index >= 15 is 0 Å². The monoisotopic (exact) mass is 667 g/mol. The van der Waals surface area contributed by atoms with E-state index in [2.05, 4.69) is 20.4 Å². The second kappa shape index (κ2) is 15.6. The number of hydrogen-bond acceptors (Lipinski definition) is 18. The van der Waals surface area contributed by atoms with Gasteiger partial charge in [-0.2, -0.15) is 0 Å². The van der Waals surface area contributed by atoms with Crippen LogP contribution in [0.3, 0.4) is 0 Å². The van der Waals surface area contributed by atoms with Crippen LogP contribution in [0.25, 0.3) is 0 Å². The normalized spacial score (nSPS) is 12.7. The van der Waals surface area contributed by atoms with Crippen molar-refractivity contribution >= 4 is 69.9 Å². The lowest BCUT2D eigenvalue weighted by atomic mass is 10.4. The average Bonchev–Trinajstić information content (AvgIpc) is 3.60. The predicted molar refractivity (Wildman–Crippen MR) is 152 cm³/mol. The number of aliphatic hydroxyl groups excluding tert-OH is 2. The number of thioether (sulfide) groups is 3. The van der Waals surface area contributed by atoms with Gasteiger partial charge in [0.05, 0.1) is 12.2 Å². The molecule has 21 heteroatoms. The molecule has 0 spiro atoms.